The summed E-state index contributed by atoms with van der Waals surface area (Å²) in [5.41, 5.74) is 5.27. The van der Waals surface area contributed by atoms with Crippen molar-refractivity contribution in [2.45, 2.75) is 37.8 Å². The second-order valence-corrected chi connectivity index (χ2v) is 9.55. The van der Waals surface area contributed by atoms with Gasteiger partial charge in [-0.1, -0.05) is 12.1 Å². The molecule has 1 aromatic carbocycles. The summed E-state index contributed by atoms with van der Waals surface area (Å²) in [5, 5.41) is 9.30. The summed E-state index contributed by atoms with van der Waals surface area (Å²) in [5.74, 6) is -5.43. The Labute approximate surface area is 214 Å². The molecule has 1 heterocycles. The first-order chi connectivity index (χ1) is 17.5. The predicted molar refractivity (Wildman–Crippen MR) is 127 cm³/mol. The van der Waals surface area contributed by atoms with Gasteiger partial charge in [-0.05, 0) is 50.1 Å². The first kappa shape index (κ1) is 30.1. The Morgan fingerprint density at radius 2 is 1.84 bits per heavy atom. The lowest BCUT2D eigenvalue weighted by molar-refractivity contribution is -0.200. The molecule has 17 heteroatoms. The smallest absolute Gasteiger partial charge is 0.368 e. The minimum absolute atomic E-state index is 0.0885. The van der Waals surface area contributed by atoms with Gasteiger partial charge < -0.3 is 15.9 Å². The highest BCUT2D eigenvalue weighted by Gasteiger charge is 2.43. The fourth-order valence-corrected chi connectivity index (χ4v) is 4.39. The molecule has 6 N–H and O–H groups in total. The number of hydrogen-bond donors (Lipinski definition) is 5. The quantitative estimate of drug-likeness (QED) is 0.118. The number of sulfonamides is 1. The lowest BCUT2D eigenvalue weighted by Gasteiger charge is -2.19. The Kier molecular flexibility index (Phi) is 9.47. The van der Waals surface area contributed by atoms with Crippen LogP contribution in [0.4, 0.5) is 18.9 Å². The molecular weight excluding hydrogens is 537 g/mol. The first-order valence-corrected chi connectivity index (χ1v) is 12.2. The van der Waals surface area contributed by atoms with Crippen molar-refractivity contribution < 1.29 is 40.9 Å². The molecule has 1 aromatic heterocycles. The van der Waals surface area contributed by atoms with E-state index >= 15 is 0 Å². The van der Waals surface area contributed by atoms with E-state index in [2.05, 4.69) is 10.2 Å². The monoisotopic (exact) mass is 562 g/mol. The lowest BCUT2D eigenvalue weighted by atomic mass is 10.1. The van der Waals surface area contributed by atoms with Crippen molar-refractivity contribution in [3.63, 3.8) is 0 Å². The summed E-state index contributed by atoms with van der Waals surface area (Å²) in [6.07, 6.45) is -5.50. The van der Waals surface area contributed by atoms with Crippen molar-refractivity contribution in [2.24, 2.45) is 5.73 Å². The maximum Gasteiger partial charge on any atom is 0.493 e. The van der Waals surface area contributed by atoms with Crippen molar-refractivity contribution in [3.05, 3.63) is 57.5 Å². The topological polar surface area (TPSA) is 195 Å². The standard InChI is InChI=1S/C21H25F3N6O7S/c1-11-4-5-12(2)16(10-11)38(34,35)29-14-6-7-15(30(18(14)32)37-19(33)21(22,23)24)13(3)17(31)27-8-9-36-28-20(25)26/h4-7,10,13,29H,8-9H2,1-3H3,(H,27,31)(H4,25,26,28). The highest BCUT2D eigenvalue weighted by Crippen LogP contribution is 2.22. The Morgan fingerprint density at radius 3 is 2.45 bits per heavy atom. The van der Waals surface area contributed by atoms with Gasteiger partial charge in [0.25, 0.3) is 10.0 Å². The summed E-state index contributed by atoms with van der Waals surface area (Å²) >= 11 is 0. The van der Waals surface area contributed by atoms with Crippen molar-refractivity contribution in [2.75, 3.05) is 17.9 Å². The van der Waals surface area contributed by atoms with E-state index in [1.165, 1.54) is 26.0 Å². The molecule has 1 atom stereocenters. The summed E-state index contributed by atoms with van der Waals surface area (Å²) in [6.45, 7) is 4.05. The van der Waals surface area contributed by atoms with Crippen LogP contribution in [0.15, 0.2) is 40.0 Å². The number of benzene rings is 1. The molecule has 2 rings (SSSR count). The van der Waals surface area contributed by atoms with Gasteiger partial charge in [0, 0.05) is 6.54 Å². The summed E-state index contributed by atoms with van der Waals surface area (Å²) in [7, 11) is -4.38. The van der Waals surface area contributed by atoms with E-state index in [4.69, 9.17) is 16.0 Å². The summed E-state index contributed by atoms with van der Waals surface area (Å²) < 4.78 is 66.4. The Bertz CT molecular complexity index is 1390. The van der Waals surface area contributed by atoms with Crippen LogP contribution in [-0.2, 0) is 24.4 Å². The van der Waals surface area contributed by atoms with Crippen molar-refractivity contribution in [3.8, 4) is 0 Å². The molecular formula is C21H25F3N6O7S. The van der Waals surface area contributed by atoms with Gasteiger partial charge in [-0.15, -0.1) is 4.73 Å². The number of guanidine groups is 1. The normalized spacial score (nSPS) is 12.4. The van der Waals surface area contributed by atoms with Gasteiger partial charge in [0.15, 0.2) is 0 Å². The number of carbonyl (C=O) groups excluding carboxylic acids is 2. The number of halogens is 3. The van der Waals surface area contributed by atoms with Gasteiger partial charge in [0.2, 0.25) is 11.9 Å². The SMILES string of the molecule is Cc1ccc(C)c(S(=O)(=O)Nc2ccc(C(C)C(=O)NCCONC(=N)N)n(OC(=O)C(F)(F)F)c2=O)c1. The zero-order valence-corrected chi connectivity index (χ0v) is 21.1. The van der Waals surface area contributed by atoms with Crippen LogP contribution in [0.3, 0.4) is 0 Å². The number of pyridine rings is 1. The van der Waals surface area contributed by atoms with E-state index in [0.717, 1.165) is 12.1 Å². The third-order valence-electron chi connectivity index (χ3n) is 4.88. The van der Waals surface area contributed by atoms with E-state index in [1.807, 2.05) is 10.2 Å². The number of aryl methyl sites for hydroxylation is 2. The van der Waals surface area contributed by atoms with Crippen LogP contribution in [0.2, 0.25) is 0 Å². The number of carbonyl (C=O) groups is 2. The zero-order chi connectivity index (χ0) is 28.8. The second kappa shape index (κ2) is 12.0. The molecule has 0 saturated heterocycles. The average Bonchev–Trinajstić information content (AvgIpc) is 2.81. The molecule has 0 spiro atoms. The Hall–Kier alpha value is -4.12. The number of nitrogens with one attached hydrogen (secondary N) is 4. The molecule has 0 aliphatic heterocycles. The molecule has 0 radical (unpaired) electrons. The number of anilines is 1. The number of nitrogens with two attached hydrogens (primary N) is 1. The van der Waals surface area contributed by atoms with Crippen LogP contribution >= 0.6 is 0 Å². The molecule has 208 valence electrons. The zero-order valence-electron chi connectivity index (χ0n) is 20.3. The first-order valence-electron chi connectivity index (χ1n) is 10.7. The van der Waals surface area contributed by atoms with Gasteiger partial charge in [-0.2, -0.15) is 13.2 Å². The Morgan fingerprint density at radius 1 is 1.18 bits per heavy atom. The third-order valence-corrected chi connectivity index (χ3v) is 6.38. The molecule has 0 saturated carbocycles. The van der Waals surface area contributed by atoms with Crippen molar-refractivity contribution in [1.82, 2.24) is 15.5 Å². The van der Waals surface area contributed by atoms with Crippen LogP contribution in [0.1, 0.15) is 29.7 Å². The molecule has 2 aromatic rings. The predicted octanol–water partition coefficient (Wildman–Crippen LogP) is 0.418. The van der Waals surface area contributed by atoms with Crippen LogP contribution in [0, 0.1) is 19.3 Å². The highest BCUT2D eigenvalue weighted by atomic mass is 32.2. The highest BCUT2D eigenvalue weighted by molar-refractivity contribution is 7.92. The molecule has 38 heavy (non-hydrogen) atoms. The molecule has 13 nitrogen and oxygen atoms in total. The minimum atomic E-state index is -5.50. The number of hydroxylamine groups is 1. The van der Waals surface area contributed by atoms with Gasteiger partial charge in [0.05, 0.1) is 23.1 Å². The number of aromatic nitrogens is 1. The lowest BCUT2D eigenvalue weighted by Crippen LogP contribution is -2.42. The van der Waals surface area contributed by atoms with E-state index < -0.39 is 56.9 Å². The fourth-order valence-electron chi connectivity index (χ4n) is 3.00. The van der Waals surface area contributed by atoms with E-state index in [9.17, 15) is 36.0 Å². The van der Waals surface area contributed by atoms with Crippen molar-refractivity contribution >= 4 is 33.5 Å². The summed E-state index contributed by atoms with van der Waals surface area (Å²) in [6, 6.07) is 6.41. The van der Waals surface area contributed by atoms with Crippen LogP contribution in [0.25, 0.3) is 0 Å². The number of hydrogen-bond acceptors (Lipinski definition) is 8. The third kappa shape index (κ3) is 7.69. The molecule has 0 fully saturated rings. The van der Waals surface area contributed by atoms with Gasteiger partial charge in [0.1, 0.15) is 5.69 Å². The van der Waals surface area contributed by atoms with Crippen LogP contribution < -0.4 is 31.6 Å². The number of amides is 1. The molecule has 0 aliphatic carbocycles. The van der Waals surface area contributed by atoms with Crippen LogP contribution in [0.5, 0.6) is 0 Å². The minimum Gasteiger partial charge on any atom is -0.368 e. The fraction of sp³-hybridized carbons (Fsp3) is 0.333. The Balaban J connectivity index is 2.43. The number of nitrogens with zero attached hydrogens (tertiary/aromatic N) is 1. The van der Waals surface area contributed by atoms with Crippen molar-refractivity contribution in [1.29, 1.82) is 5.41 Å². The maximum absolute atomic E-state index is 13.0. The molecule has 1 unspecified atom stereocenters. The average molecular weight is 563 g/mol. The molecule has 0 bridgehead atoms. The summed E-state index contributed by atoms with van der Waals surface area (Å²) in [4.78, 5) is 45.8. The van der Waals surface area contributed by atoms with Gasteiger partial charge >= 0.3 is 17.7 Å². The van der Waals surface area contributed by atoms with Crippen LogP contribution in [-0.4, -0.2) is 50.3 Å². The molecule has 1 amide bonds. The van der Waals surface area contributed by atoms with Gasteiger partial charge in [-0.25, -0.2) is 18.7 Å². The second-order valence-electron chi connectivity index (χ2n) is 7.90. The number of alkyl halides is 3. The largest absolute Gasteiger partial charge is 0.493 e. The van der Waals surface area contributed by atoms with Gasteiger partial charge in [-0.3, -0.25) is 24.6 Å². The molecule has 0 aliphatic rings. The van der Waals surface area contributed by atoms with E-state index in [-0.39, 0.29) is 22.8 Å². The maximum atomic E-state index is 13.0. The number of rotatable bonds is 10. The van der Waals surface area contributed by atoms with E-state index in [0.29, 0.717) is 11.1 Å². The van der Waals surface area contributed by atoms with E-state index in [1.54, 1.807) is 13.0 Å².